The summed E-state index contributed by atoms with van der Waals surface area (Å²) >= 11 is 6.92. The van der Waals surface area contributed by atoms with Gasteiger partial charge in [-0.25, -0.2) is 0 Å². The van der Waals surface area contributed by atoms with Crippen LogP contribution in [0.2, 0.25) is 18.1 Å². The van der Waals surface area contributed by atoms with E-state index in [1.54, 1.807) is 0 Å². The summed E-state index contributed by atoms with van der Waals surface area (Å²) in [7, 11) is -1.77. The van der Waals surface area contributed by atoms with Crippen molar-refractivity contribution in [2.45, 2.75) is 103 Å². The lowest BCUT2D eigenvalue weighted by Crippen LogP contribution is -2.54. The summed E-state index contributed by atoms with van der Waals surface area (Å²) in [5.41, 5.74) is 0. The van der Waals surface area contributed by atoms with E-state index in [4.69, 9.17) is 13.9 Å². The van der Waals surface area contributed by atoms with Crippen molar-refractivity contribution in [1.82, 2.24) is 0 Å². The summed E-state index contributed by atoms with van der Waals surface area (Å²) in [6.07, 6.45) is 7.66. The van der Waals surface area contributed by atoms with Crippen LogP contribution in [0.4, 0.5) is 0 Å². The van der Waals surface area contributed by atoms with Gasteiger partial charge in [-0.2, -0.15) is 0 Å². The molecule has 0 aromatic rings. The molecular formula is C21H38Br2O3Si. The Labute approximate surface area is 184 Å². The van der Waals surface area contributed by atoms with Crippen LogP contribution < -0.4 is 0 Å². The van der Waals surface area contributed by atoms with Crippen molar-refractivity contribution in [2.75, 3.05) is 6.61 Å². The van der Waals surface area contributed by atoms with E-state index in [0.717, 1.165) is 35.5 Å². The van der Waals surface area contributed by atoms with Crippen LogP contribution in [-0.2, 0) is 13.9 Å². The minimum atomic E-state index is -1.77. The van der Waals surface area contributed by atoms with Gasteiger partial charge in [-0.05, 0) is 81.1 Å². The minimum Gasteiger partial charge on any atom is -0.414 e. The topological polar surface area (TPSA) is 27.7 Å². The lowest BCUT2D eigenvalue weighted by atomic mass is 9.84. The van der Waals surface area contributed by atoms with Crippen LogP contribution in [0.1, 0.15) is 66.7 Å². The molecule has 6 heteroatoms. The Bertz CT molecular complexity index is 524. The lowest BCUT2D eigenvalue weighted by molar-refractivity contribution is -0.333. The highest BCUT2D eigenvalue weighted by Crippen LogP contribution is 2.44. The van der Waals surface area contributed by atoms with Gasteiger partial charge in [-0.3, -0.25) is 0 Å². The van der Waals surface area contributed by atoms with Crippen molar-refractivity contribution < 1.29 is 13.9 Å². The molecule has 0 unspecified atom stereocenters. The molecule has 0 aromatic carbocycles. The van der Waals surface area contributed by atoms with Crippen LogP contribution in [0.15, 0.2) is 9.47 Å². The summed E-state index contributed by atoms with van der Waals surface area (Å²) in [5.74, 6) is 0.645. The van der Waals surface area contributed by atoms with Crippen LogP contribution in [0.25, 0.3) is 0 Å². The summed E-state index contributed by atoms with van der Waals surface area (Å²) in [4.78, 5) is 0. The first-order valence-electron chi connectivity index (χ1n) is 10.4. The van der Waals surface area contributed by atoms with Crippen LogP contribution >= 0.6 is 31.9 Å². The van der Waals surface area contributed by atoms with Gasteiger partial charge in [-0.1, -0.05) is 40.7 Å². The van der Waals surface area contributed by atoms with Crippen molar-refractivity contribution in [3.8, 4) is 0 Å². The smallest absolute Gasteiger partial charge is 0.192 e. The zero-order valence-corrected chi connectivity index (χ0v) is 22.3. The molecule has 2 rings (SSSR count). The molecule has 2 saturated heterocycles. The Hall–Kier alpha value is 0.797. The molecule has 3 nitrogen and oxygen atoms in total. The van der Waals surface area contributed by atoms with Gasteiger partial charge in [-0.15, -0.1) is 0 Å². The SMILES string of the molecule is C[C@H]1CC[C@@]2(CC[C@H](C)[C@@H](CC=C(Br)Br)O2)O[C@H]1CO[Si](C)(C)C(C)(C)C. The Morgan fingerprint density at radius 1 is 1.07 bits per heavy atom. The van der Waals surface area contributed by atoms with Gasteiger partial charge in [0.2, 0.25) is 0 Å². The molecule has 27 heavy (non-hydrogen) atoms. The maximum atomic E-state index is 6.65. The van der Waals surface area contributed by atoms with E-state index < -0.39 is 14.1 Å². The first kappa shape index (κ1) is 24.1. The number of hydrogen-bond donors (Lipinski definition) is 0. The van der Waals surface area contributed by atoms with Gasteiger partial charge in [0, 0.05) is 12.8 Å². The molecule has 158 valence electrons. The highest BCUT2D eigenvalue weighted by molar-refractivity contribution is 9.28. The molecule has 0 aliphatic carbocycles. The molecule has 0 radical (unpaired) electrons. The van der Waals surface area contributed by atoms with Crippen molar-refractivity contribution in [2.24, 2.45) is 11.8 Å². The molecule has 0 amide bonds. The van der Waals surface area contributed by atoms with E-state index in [1.165, 1.54) is 0 Å². The van der Waals surface area contributed by atoms with Crippen molar-refractivity contribution in [3.05, 3.63) is 9.47 Å². The zero-order valence-electron chi connectivity index (χ0n) is 18.1. The third-order valence-electron chi connectivity index (χ3n) is 6.88. The van der Waals surface area contributed by atoms with Gasteiger partial charge in [0.15, 0.2) is 14.1 Å². The van der Waals surface area contributed by atoms with Gasteiger partial charge >= 0.3 is 0 Å². The monoisotopic (exact) mass is 524 g/mol. The van der Waals surface area contributed by atoms with Crippen LogP contribution in [-0.4, -0.2) is 32.9 Å². The second-order valence-electron chi connectivity index (χ2n) is 10.1. The van der Waals surface area contributed by atoms with Gasteiger partial charge < -0.3 is 13.9 Å². The molecule has 0 N–H and O–H groups in total. The van der Waals surface area contributed by atoms with E-state index >= 15 is 0 Å². The minimum absolute atomic E-state index is 0.125. The molecule has 0 bridgehead atoms. The average Bonchev–Trinajstić information content (AvgIpc) is 2.56. The summed E-state index contributed by atoms with van der Waals surface area (Å²) in [6.45, 7) is 16.8. The van der Waals surface area contributed by atoms with E-state index in [2.05, 4.69) is 85.6 Å². The summed E-state index contributed by atoms with van der Waals surface area (Å²) in [5, 5.41) is 0.222. The zero-order chi connectivity index (χ0) is 20.5. The fraction of sp³-hybridized carbons (Fsp3) is 0.905. The molecule has 0 saturated carbocycles. The number of hydrogen-bond acceptors (Lipinski definition) is 3. The van der Waals surface area contributed by atoms with E-state index in [1.807, 2.05) is 0 Å². The molecule has 2 aliphatic heterocycles. The molecule has 2 fully saturated rings. The maximum absolute atomic E-state index is 6.65. The van der Waals surface area contributed by atoms with Gasteiger partial charge in [0.05, 0.1) is 22.2 Å². The van der Waals surface area contributed by atoms with Crippen LogP contribution in [0, 0.1) is 11.8 Å². The Morgan fingerprint density at radius 2 is 1.59 bits per heavy atom. The quantitative estimate of drug-likeness (QED) is 0.351. The predicted octanol–water partition coefficient (Wildman–Crippen LogP) is 7.36. The lowest BCUT2D eigenvalue weighted by Gasteiger charge is -2.50. The first-order valence-corrected chi connectivity index (χ1v) is 14.9. The average molecular weight is 526 g/mol. The van der Waals surface area contributed by atoms with E-state index in [0.29, 0.717) is 18.4 Å². The van der Waals surface area contributed by atoms with Crippen LogP contribution in [0.3, 0.4) is 0 Å². The third kappa shape index (κ3) is 6.39. The summed E-state index contributed by atoms with van der Waals surface area (Å²) < 4.78 is 20.7. The number of rotatable bonds is 5. The van der Waals surface area contributed by atoms with E-state index in [9.17, 15) is 0 Å². The Kier molecular flexibility index (Phi) is 8.29. The molecular weight excluding hydrogens is 488 g/mol. The fourth-order valence-corrected chi connectivity index (χ4v) is 5.02. The molecule has 1 spiro atoms. The molecule has 5 atom stereocenters. The standard InChI is InChI=1S/C21H38Br2O3Si/c1-15-10-12-21(25-17(15)8-9-19(22)23)13-11-16(2)18(26-21)14-24-27(6,7)20(3,4)5/h9,15-18H,8,10-14H2,1-7H3/t15-,16-,17+,18-,21+/m0/s1. The van der Waals surface area contributed by atoms with Gasteiger partial charge in [0.1, 0.15) is 0 Å². The largest absolute Gasteiger partial charge is 0.414 e. The Balaban J connectivity index is 2.03. The highest BCUT2D eigenvalue weighted by Gasteiger charge is 2.47. The Morgan fingerprint density at radius 3 is 2.11 bits per heavy atom. The predicted molar refractivity (Wildman–Crippen MR) is 123 cm³/mol. The van der Waals surface area contributed by atoms with Crippen molar-refractivity contribution in [3.63, 3.8) is 0 Å². The highest BCUT2D eigenvalue weighted by atomic mass is 79.9. The third-order valence-corrected chi connectivity index (χ3v) is 12.0. The molecule has 2 aliphatic rings. The van der Waals surface area contributed by atoms with Crippen LogP contribution in [0.5, 0.6) is 0 Å². The normalized spacial score (nSPS) is 35.3. The van der Waals surface area contributed by atoms with Gasteiger partial charge in [0.25, 0.3) is 0 Å². The fourth-order valence-electron chi connectivity index (χ4n) is 3.63. The second-order valence-corrected chi connectivity index (χ2v) is 17.6. The maximum Gasteiger partial charge on any atom is 0.192 e. The van der Waals surface area contributed by atoms with E-state index in [-0.39, 0.29) is 17.2 Å². The second kappa shape index (κ2) is 9.30. The number of ether oxygens (including phenoxy) is 2. The first-order chi connectivity index (χ1) is 12.4. The number of halogens is 2. The van der Waals surface area contributed by atoms with Crippen molar-refractivity contribution in [1.29, 1.82) is 0 Å². The summed E-state index contributed by atoms with van der Waals surface area (Å²) in [6, 6.07) is 0. The van der Waals surface area contributed by atoms with Crippen molar-refractivity contribution >= 4 is 40.2 Å². The molecule has 0 aromatic heterocycles. The molecule has 2 heterocycles.